The molecule has 0 bridgehead atoms. The largest absolute Gasteiger partial charge is 0.290 e. The van der Waals surface area contributed by atoms with Crippen molar-refractivity contribution in [2.24, 2.45) is 7.05 Å². The first-order valence-electron chi connectivity index (χ1n) is 7.04. The third kappa shape index (κ3) is 2.50. The van der Waals surface area contributed by atoms with Crippen molar-refractivity contribution in [3.8, 4) is 0 Å². The number of halogens is 1. The number of hydrogen-bond donors (Lipinski definition) is 0. The molecule has 0 aliphatic carbocycles. The number of thiazole rings is 1. The Morgan fingerprint density at radius 3 is 3.05 bits per heavy atom. The highest BCUT2D eigenvalue weighted by atomic mass is 35.5. The molecule has 0 amide bonds. The third-order valence-corrected chi connectivity index (χ3v) is 5.30. The normalized spacial score (nSPS) is 19.9. The molecular formula is C14H19ClN4S. The summed E-state index contributed by atoms with van der Waals surface area (Å²) in [6.45, 7) is 4.11. The molecule has 1 aliphatic heterocycles. The highest BCUT2D eigenvalue weighted by molar-refractivity contribution is 7.09. The van der Waals surface area contributed by atoms with Crippen molar-refractivity contribution < 1.29 is 0 Å². The van der Waals surface area contributed by atoms with Gasteiger partial charge in [0.1, 0.15) is 10.2 Å². The number of hydrogen-bond acceptors (Lipinski definition) is 4. The van der Waals surface area contributed by atoms with Gasteiger partial charge in [0.25, 0.3) is 0 Å². The van der Waals surface area contributed by atoms with Gasteiger partial charge in [-0.1, -0.05) is 18.5 Å². The van der Waals surface area contributed by atoms with Gasteiger partial charge >= 0.3 is 0 Å². The second-order valence-corrected chi connectivity index (χ2v) is 6.48. The fraction of sp³-hybridized carbons (Fsp3) is 0.571. The maximum atomic E-state index is 6.40. The predicted octanol–water partition coefficient (Wildman–Crippen LogP) is 3.43. The molecule has 2 aromatic heterocycles. The molecule has 0 spiro atoms. The summed E-state index contributed by atoms with van der Waals surface area (Å²) < 4.78 is 1.78. The predicted molar refractivity (Wildman–Crippen MR) is 82.1 cm³/mol. The van der Waals surface area contributed by atoms with Gasteiger partial charge in [-0.25, -0.2) is 4.98 Å². The molecule has 2 aromatic rings. The van der Waals surface area contributed by atoms with Crippen LogP contribution in [-0.2, 0) is 20.0 Å². The van der Waals surface area contributed by atoms with Crippen molar-refractivity contribution >= 4 is 22.9 Å². The molecule has 4 nitrogen and oxygen atoms in total. The van der Waals surface area contributed by atoms with Crippen LogP contribution in [0.1, 0.15) is 42.1 Å². The molecule has 1 atom stereocenters. The van der Waals surface area contributed by atoms with Crippen LogP contribution in [0.15, 0.2) is 11.6 Å². The summed E-state index contributed by atoms with van der Waals surface area (Å²) in [5.41, 5.74) is 2.29. The Morgan fingerprint density at radius 2 is 2.35 bits per heavy atom. The first kappa shape index (κ1) is 14.0. The smallest absolute Gasteiger partial charge is 0.131 e. The zero-order valence-electron chi connectivity index (χ0n) is 11.8. The van der Waals surface area contributed by atoms with Gasteiger partial charge in [0, 0.05) is 30.7 Å². The summed E-state index contributed by atoms with van der Waals surface area (Å²) in [5.74, 6) is 0. The van der Waals surface area contributed by atoms with Crippen molar-refractivity contribution in [2.45, 2.75) is 38.8 Å². The molecule has 1 aliphatic rings. The first-order chi connectivity index (χ1) is 9.70. The average Bonchev–Trinajstić information content (AvgIpc) is 3.15. The van der Waals surface area contributed by atoms with E-state index >= 15 is 0 Å². The van der Waals surface area contributed by atoms with E-state index in [2.05, 4.69) is 27.3 Å². The Kier molecular flexibility index (Phi) is 4.10. The monoisotopic (exact) mass is 310 g/mol. The van der Waals surface area contributed by atoms with E-state index in [1.54, 1.807) is 16.0 Å². The molecular weight excluding hydrogens is 292 g/mol. The molecule has 0 unspecified atom stereocenters. The lowest BCUT2D eigenvalue weighted by Crippen LogP contribution is -2.23. The van der Waals surface area contributed by atoms with E-state index in [9.17, 15) is 0 Å². The van der Waals surface area contributed by atoms with Crippen LogP contribution >= 0.6 is 22.9 Å². The third-order valence-electron chi connectivity index (χ3n) is 3.95. The van der Waals surface area contributed by atoms with Crippen molar-refractivity contribution in [1.29, 1.82) is 0 Å². The van der Waals surface area contributed by atoms with Gasteiger partial charge in [-0.2, -0.15) is 5.10 Å². The van der Waals surface area contributed by atoms with E-state index < -0.39 is 0 Å². The molecule has 3 rings (SSSR count). The quantitative estimate of drug-likeness (QED) is 0.867. The summed E-state index contributed by atoms with van der Waals surface area (Å²) in [6, 6.07) is 0.441. The van der Waals surface area contributed by atoms with Crippen molar-refractivity contribution in [3.05, 3.63) is 33.0 Å². The van der Waals surface area contributed by atoms with Crippen LogP contribution in [0.2, 0.25) is 5.15 Å². The lowest BCUT2D eigenvalue weighted by atomic mass is 10.2. The lowest BCUT2D eigenvalue weighted by molar-refractivity contribution is 0.247. The number of rotatable bonds is 4. The topological polar surface area (TPSA) is 34.0 Å². The fourth-order valence-corrected chi connectivity index (χ4v) is 3.95. The van der Waals surface area contributed by atoms with Crippen LogP contribution in [0.3, 0.4) is 0 Å². The van der Waals surface area contributed by atoms with Crippen LogP contribution < -0.4 is 0 Å². The molecule has 0 saturated carbocycles. The van der Waals surface area contributed by atoms with Gasteiger partial charge in [0.2, 0.25) is 0 Å². The molecule has 108 valence electrons. The molecule has 20 heavy (non-hydrogen) atoms. The zero-order valence-corrected chi connectivity index (χ0v) is 13.4. The second kappa shape index (κ2) is 5.84. The van der Waals surface area contributed by atoms with E-state index in [4.69, 9.17) is 11.6 Å². The van der Waals surface area contributed by atoms with E-state index in [1.807, 2.05) is 13.2 Å². The van der Waals surface area contributed by atoms with Crippen LogP contribution in [0.25, 0.3) is 0 Å². The van der Waals surface area contributed by atoms with Crippen molar-refractivity contribution in [1.82, 2.24) is 19.7 Å². The number of aryl methyl sites for hydroxylation is 2. The van der Waals surface area contributed by atoms with E-state index in [-0.39, 0.29) is 0 Å². The lowest BCUT2D eigenvalue weighted by Gasteiger charge is -2.22. The Hall–Kier alpha value is -0.910. The van der Waals surface area contributed by atoms with Crippen LogP contribution in [-0.4, -0.2) is 26.2 Å². The fourth-order valence-electron chi connectivity index (χ4n) is 2.94. The molecule has 0 radical (unpaired) electrons. The minimum atomic E-state index is 0.441. The molecule has 0 aromatic carbocycles. The highest BCUT2D eigenvalue weighted by Crippen LogP contribution is 2.35. The van der Waals surface area contributed by atoms with Crippen LogP contribution in [0.4, 0.5) is 0 Å². The molecule has 3 heterocycles. The Balaban J connectivity index is 1.84. The summed E-state index contributed by atoms with van der Waals surface area (Å²) in [7, 11) is 1.91. The summed E-state index contributed by atoms with van der Waals surface area (Å²) in [5, 5.41) is 8.55. The zero-order chi connectivity index (χ0) is 14.1. The minimum absolute atomic E-state index is 0.441. The average molecular weight is 311 g/mol. The van der Waals surface area contributed by atoms with Gasteiger partial charge in [-0.3, -0.25) is 9.58 Å². The SMILES string of the molecule is CCc1nn(C)c(Cl)c1CN1CCC[C@@H]1c1nccs1. The summed E-state index contributed by atoms with van der Waals surface area (Å²) in [6.07, 6.45) is 5.23. The van der Waals surface area contributed by atoms with E-state index in [0.29, 0.717) is 6.04 Å². The van der Waals surface area contributed by atoms with Gasteiger partial charge in [0.05, 0.1) is 11.7 Å². The second-order valence-electron chi connectivity index (χ2n) is 5.19. The molecule has 1 fully saturated rings. The van der Waals surface area contributed by atoms with Gasteiger partial charge < -0.3 is 0 Å². The van der Waals surface area contributed by atoms with Gasteiger partial charge in [0.15, 0.2) is 0 Å². The highest BCUT2D eigenvalue weighted by Gasteiger charge is 2.29. The van der Waals surface area contributed by atoms with Gasteiger partial charge in [-0.05, 0) is 25.8 Å². The summed E-state index contributed by atoms with van der Waals surface area (Å²) >= 11 is 8.15. The van der Waals surface area contributed by atoms with Crippen molar-refractivity contribution in [3.63, 3.8) is 0 Å². The Morgan fingerprint density at radius 1 is 1.50 bits per heavy atom. The van der Waals surface area contributed by atoms with E-state index in [1.165, 1.54) is 23.4 Å². The Bertz CT molecular complexity index is 578. The maximum absolute atomic E-state index is 6.40. The number of aromatic nitrogens is 3. The Labute approximate surface area is 128 Å². The first-order valence-corrected chi connectivity index (χ1v) is 8.30. The molecule has 1 saturated heterocycles. The van der Waals surface area contributed by atoms with Crippen molar-refractivity contribution in [2.75, 3.05) is 6.54 Å². The maximum Gasteiger partial charge on any atom is 0.131 e. The minimum Gasteiger partial charge on any atom is -0.290 e. The standard InChI is InChI=1S/C14H19ClN4S/c1-3-11-10(13(15)18(2)17-11)9-19-7-4-5-12(19)14-16-6-8-20-14/h6,8,12H,3-5,7,9H2,1-2H3/t12-/m1/s1. The number of nitrogens with zero attached hydrogens (tertiary/aromatic N) is 4. The number of likely N-dealkylation sites (tertiary alicyclic amines) is 1. The van der Waals surface area contributed by atoms with E-state index in [0.717, 1.165) is 30.4 Å². The van der Waals surface area contributed by atoms with Crippen LogP contribution in [0, 0.1) is 0 Å². The molecule has 0 N–H and O–H groups in total. The van der Waals surface area contributed by atoms with Crippen LogP contribution in [0.5, 0.6) is 0 Å². The van der Waals surface area contributed by atoms with Gasteiger partial charge in [-0.15, -0.1) is 11.3 Å². The summed E-state index contributed by atoms with van der Waals surface area (Å²) in [4.78, 5) is 6.97. The molecule has 6 heteroatoms.